The van der Waals surface area contributed by atoms with Crippen molar-refractivity contribution >= 4 is 0 Å². The summed E-state index contributed by atoms with van der Waals surface area (Å²) in [6, 6.07) is 3.60. The number of hydrogen-bond acceptors (Lipinski definition) is 2. The van der Waals surface area contributed by atoms with Crippen LogP contribution in [0.15, 0.2) is 18.2 Å². The Morgan fingerprint density at radius 1 is 1.35 bits per heavy atom. The Bertz CT molecular complexity index is 441. The Balaban J connectivity index is 3.11. The fourth-order valence-corrected chi connectivity index (χ4v) is 1.23. The van der Waals surface area contributed by atoms with Gasteiger partial charge in [-0.1, -0.05) is 11.8 Å². The number of benzene rings is 1. The summed E-state index contributed by atoms with van der Waals surface area (Å²) in [4.78, 5) is 0. The molecule has 0 unspecified atom stereocenters. The number of halogens is 3. The average Bonchev–Trinajstić information content (AvgIpc) is 2.28. The summed E-state index contributed by atoms with van der Waals surface area (Å²) < 4.78 is 42.6. The van der Waals surface area contributed by atoms with Gasteiger partial charge in [0.05, 0.1) is 19.3 Å². The zero-order valence-electron chi connectivity index (χ0n) is 9.14. The maximum atomic E-state index is 12.6. The molecule has 0 aliphatic rings. The van der Waals surface area contributed by atoms with Gasteiger partial charge in [0.1, 0.15) is 5.75 Å². The smallest absolute Gasteiger partial charge is 0.420 e. The van der Waals surface area contributed by atoms with Gasteiger partial charge in [-0.2, -0.15) is 13.2 Å². The third-order valence-corrected chi connectivity index (χ3v) is 1.97. The van der Waals surface area contributed by atoms with Crippen LogP contribution >= 0.6 is 0 Å². The molecule has 0 saturated heterocycles. The lowest BCUT2D eigenvalue weighted by atomic mass is 10.1. The van der Waals surface area contributed by atoms with Crippen LogP contribution in [0.1, 0.15) is 17.5 Å². The van der Waals surface area contributed by atoms with Crippen molar-refractivity contribution in [3.63, 3.8) is 0 Å². The van der Waals surface area contributed by atoms with Crippen LogP contribution in [0.5, 0.6) is 5.75 Å². The van der Waals surface area contributed by atoms with Crippen LogP contribution in [0.25, 0.3) is 0 Å². The molecule has 0 radical (unpaired) electrons. The minimum atomic E-state index is -4.47. The number of methoxy groups -OCH3 is 1. The normalized spacial score (nSPS) is 10.6. The number of ether oxygens (including phenoxy) is 1. The van der Waals surface area contributed by atoms with Crippen LogP contribution < -0.4 is 4.74 Å². The second-order valence-corrected chi connectivity index (χ2v) is 3.19. The van der Waals surface area contributed by atoms with E-state index in [0.717, 1.165) is 6.07 Å². The average molecular weight is 244 g/mol. The molecule has 1 aromatic rings. The van der Waals surface area contributed by atoms with E-state index in [1.165, 1.54) is 19.2 Å². The molecule has 0 bridgehead atoms. The van der Waals surface area contributed by atoms with Crippen molar-refractivity contribution in [2.24, 2.45) is 0 Å². The van der Waals surface area contributed by atoms with Crippen molar-refractivity contribution in [3.05, 3.63) is 29.3 Å². The molecular weight excluding hydrogens is 233 g/mol. The Labute approximate surface area is 97.0 Å². The zero-order chi connectivity index (χ0) is 12.9. The minimum Gasteiger partial charge on any atom is -0.496 e. The fourth-order valence-electron chi connectivity index (χ4n) is 1.23. The second-order valence-electron chi connectivity index (χ2n) is 3.19. The lowest BCUT2D eigenvalue weighted by molar-refractivity contribution is -0.138. The van der Waals surface area contributed by atoms with Crippen LogP contribution in [0.4, 0.5) is 13.2 Å². The van der Waals surface area contributed by atoms with Crippen molar-refractivity contribution in [1.82, 2.24) is 0 Å². The van der Waals surface area contributed by atoms with Gasteiger partial charge in [-0.15, -0.1) is 0 Å². The van der Waals surface area contributed by atoms with Gasteiger partial charge in [-0.05, 0) is 18.2 Å². The van der Waals surface area contributed by atoms with Gasteiger partial charge in [-0.25, -0.2) is 0 Å². The Morgan fingerprint density at radius 3 is 2.59 bits per heavy atom. The summed E-state index contributed by atoms with van der Waals surface area (Å²) in [5.41, 5.74) is -0.609. The molecule has 0 aliphatic heterocycles. The third kappa shape index (κ3) is 3.68. The number of aliphatic hydroxyl groups is 1. The van der Waals surface area contributed by atoms with E-state index in [1.807, 2.05) is 0 Å². The van der Waals surface area contributed by atoms with Gasteiger partial charge >= 0.3 is 6.18 Å². The Morgan fingerprint density at radius 2 is 2.06 bits per heavy atom. The summed E-state index contributed by atoms with van der Waals surface area (Å²) in [5.74, 6) is 4.87. The van der Waals surface area contributed by atoms with Crippen LogP contribution in [0.2, 0.25) is 0 Å². The molecule has 1 rings (SSSR count). The topological polar surface area (TPSA) is 29.5 Å². The molecular formula is C12H11F3O2. The molecule has 0 spiro atoms. The lowest BCUT2D eigenvalue weighted by Crippen LogP contribution is -2.07. The fraction of sp³-hybridized carbons (Fsp3) is 0.333. The molecule has 1 aromatic carbocycles. The molecule has 0 aromatic heterocycles. The predicted molar refractivity (Wildman–Crippen MR) is 56.6 cm³/mol. The van der Waals surface area contributed by atoms with Gasteiger partial charge in [0.15, 0.2) is 0 Å². The molecule has 0 fully saturated rings. The van der Waals surface area contributed by atoms with E-state index >= 15 is 0 Å². The highest BCUT2D eigenvalue weighted by Crippen LogP contribution is 2.36. The van der Waals surface area contributed by atoms with Crippen LogP contribution in [0.3, 0.4) is 0 Å². The highest BCUT2D eigenvalue weighted by Gasteiger charge is 2.34. The standard InChI is InChI=1S/C12H11F3O2/c1-17-11-6-5-9(4-2-3-7-16)8-10(11)12(13,14)15/h5-6,8,16H,3,7H2,1H3. The largest absolute Gasteiger partial charge is 0.496 e. The quantitative estimate of drug-likeness (QED) is 0.810. The Hall–Kier alpha value is -1.67. The molecule has 92 valence electrons. The first-order valence-corrected chi connectivity index (χ1v) is 4.84. The molecule has 0 amide bonds. The molecule has 0 atom stereocenters. The van der Waals surface area contributed by atoms with Gasteiger partial charge in [0, 0.05) is 12.0 Å². The summed E-state index contributed by atoms with van der Waals surface area (Å²) in [6.07, 6.45) is -4.24. The number of alkyl halides is 3. The van der Waals surface area contributed by atoms with E-state index < -0.39 is 11.7 Å². The molecule has 0 heterocycles. The van der Waals surface area contributed by atoms with Gasteiger partial charge < -0.3 is 9.84 Å². The maximum absolute atomic E-state index is 12.6. The van der Waals surface area contributed by atoms with Crippen molar-refractivity contribution < 1.29 is 23.0 Å². The first-order valence-electron chi connectivity index (χ1n) is 4.84. The molecule has 5 heteroatoms. The van der Waals surface area contributed by atoms with Crippen LogP contribution in [0, 0.1) is 11.8 Å². The summed E-state index contributed by atoms with van der Waals surface area (Å²) >= 11 is 0. The monoisotopic (exact) mass is 244 g/mol. The second kappa shape index (κ2) is 5.60. The van der Waals surface area contributed by atoms with E-state index in [9.17, 15) is 13.2 Å². The summed E-state index contributed by atoms with van der Waals surface area (Å²) in [5, 5.41) is 8.51. The zero-order valence-corrected chi connectivity index (χ0v) is 9.14. The predicted octanol–water partition coefficient (Wildman–Crippen LogP) is 2.45. The number of hydrogen-bond donors (Lipinski definition) is 1. The van der Waals surface area contributed by atoms with Crippen LogP contribution in [-0.2, 0) is 6.18 Å². The van der Waals surface area contributed by atoms with Gasteiger partial charge in [-0.3, -0.25) is 0 Å². The van der Waals surface area contributed by atoms with Crippen molar-refractivity contribution in [2.75, 3.05) is 13.7 Å². The molecule has 0 saturated carbocycles. The molecule has 2 nitrogen and oxygen atoms in total. The maximum Gasteiger partial charge on any atom is 0.420 e. The van der Waals surface area contributed by atoms with E-state index in [2.05, 4.69) is 16.6 Å². The highest BCUT2D eigenvalue weighted by atomic mass is 19.4. The first kappa shape index (κ1) is 13.4. The SMILES string of the molecule is COc1ccc(C#CCCO)cc1C(F)(F)F. The molecule has 0 aliphatic carbocycles. The summed E-state index contributed by atoms with van der Waals surface area (Å²) in [6.45, 7) is -0.116. The number of aliphatic hydroxyl groups excluding tert-OH is 1. The van der Waals surface area contributed by atoms with Crippen LogP contribution in [-0.4, -0.2) is 18.8 Å². The molecule has 17 heavy (non-hydrogen) atoms. The number of rotatable bonds is 2. The van der Waals surface area contributed by atoms with E-state index in [4.69, 9.17) is 5.11 Å². The van der Waals surface area contributed by atoms with Gasteiger partial charge in [0.25, 0.3) is 0 Å². The van der Waals surface area contributed by atoms with E-state index in [-0.39, 0.29) is 24.3 Å². The van der Waals surface area contributed by atoms with Crippen molar-refractivity contribution in [1.29, 1.82) is 0 Å². The lowest BCUT2D eigenvalue weighted by Gasteiger charge is -2.11. The van der Waals surface area contributed by atoms with Crippen molar-refractivity contribution in [2.45, 2.75) is 12.6 Å². The molecule has 1 N–H and O–H groups in total. The first-order chi connectivity index (χ1) is 7.99. The minimum absolute atomic E-state index is 0.116. The van der Waals surface area contributed by atoms with Gasteiger partial charge in [0.2, 0.25) is 0 Å². The summed E-state index contributed by atoms with van der Waals surface area (Å²) in [7, 11) is 1.18. The highest BCUT2D eigenvalue weighted by molar-refractivity contribution is 5.45. The third-order valence-electron chi connectivity index (χ3n) is 1.97. The van der Waals surface area contributed by atoms with E-state index in [0.29, 0.717) is 0 Å². The Kier molecular flexibility index (Phi) is 4.41. The van der Waals surface area contributed by atoms with E-state index in [1.54, 1.807) is 0 Å². The van der Waals surface area contributed by atoms with Crippen molar-refractivity contribution in [3.8, 4) is 17.6 Å².